The molecule has 0 aliphatic heterocycles. The second-order valence-electron chi connectivity index (χ2n) is 6.52. The maximum absolute atomic E-state index is 5.98. The number of aryl methyl sites for hydroxylation is 1. The molecule has 0 atom stereocenters. The highest BCUT2D eigenvalue weighted by atomic mass is 16.3. The lowest BCUT2D eigenvalue weighted by molar-refractivity contribution is 0.268. The molecule has 2 aromatic rings. The molecule has 1 saturated carbocycles. The second kappa shape index (κ2) is 6.23. The zero-order valence-corrected chi connectivity index (χ0v) is 13.4. The summed E-state index contributed by atoms with van der Waals surface area (Å²) in [6.07, 6.45) is 7.86. The highest BCUT2D eigenvalue weighted by Crippen LogP contribution is 2.40. The Morgan fingerprint density at radius 1 is 1.14 bits per heavy atom. The van der Waals surface area contributed by atoms with Gasteiger partial charge in [0.25, 0.3) is 0 Å². The zero-order chi connectivity index (χ0) is 14.7. The maximum Gasteiger partial charge on any atom is 0.134 e. The van der Waals surface area contributed by atoms with Crippen LogP contribution in [0.5, 0.6) is 0 Å². The van der Waals surface area contributed by atoms with Crippen LogP contribution in [0, 0.1) is 5.41 Å². The van der Waals surface area contributed by atoms with Gasteiger partial charge in [-0.1, -0.05) is 44.9 Å². The van der Waals surface area contributed by atoms with E-state index in [2.05, 4.69) is 37.4 Å². The number of para-hydroxylation sites is 1. The van der Waals surface area contributed by atoms with Crippen LogP contribution in [0.3, 0.4) is 0 Å². The van der Waals surface area contributed by atoms with Crippen LogP contribution in [0.1, 0.15) is 57.3 Å². The molecule has 21 heavy (non-hydrogen) atoms. The lowest BCUT2D eigenvalue weighted by Crippen LogP contribution is -2.31. The summed E-state index contributed by atoms with van der Waals surface area (Å²) in [4.78, 5) is 0. The van der Waals surface area contributed by atoms with E-state index < -0.39 is 0 Å². The van der Waals surface area contributed by atoms with Crippen molar-refractivity contribution in [2.24, 2.45) is 5.41 Å². The number of fused-ring (bicyclic) bond motifs is 1. The maximum atomic E-state index is 5.98. The normalized spacial score (nSPS) is 17.6. The third-order valence-electron chi connectivity index (χ3n) is 5.32. The van der Waals surface area contributed by atoms with Crippen LogP contribution < -0.4 is 5.32 Å². The van der Waals surface area contributed by atoms with Gasteiger partial charge in [-0.25, -0.2) is 0 Å². The van der Waals surface area contributed by atoms with E-state index in [1.165, 1.54) is 43.1 Å². The van der Waals surface area contributed by atoms with E-state index in [4.69, 9.17) is 4.42 Å². The number of furan rings is 1. The van der Waals surface area contributed by atoms with Crippen molar-refractivity contribution in [1.82, 2.24) is 5.32 Å². The first-order chi connectivity index (χ1) is 10.3. The first-order valence-electron chi connectivity index (χ1n) is 8.48. The predicted molar refractivity (Wildman–Crippen MR) is 88.5 cm³/mol. The Kier molecular flexibility index (Phi) is 4.34. The van der Waals surface area contributed by atoms with Gasteiger partial charge in [0, 0.05) is 30.5 Å². The molecule has 3 rings (SSSR count). The molecule has 1 aromatic heterocycles. The molecule has 1 aliphatic carbocycles. The molecule has 0 radical (unpaired) electrons. The van der Waals surface area contributed by atoms with Gasteiger partial charge in [0.1, 0.15) is 11.3 Å². The average molecular weight is 285 g/mol. The summed E-state index contributed by atoms with van der Waals surface area (Å²) in [5.74, 6) is 1.14. The Morgan fingerprint density at radius 2 is 1.90 bits per heavy atom. The van der Waals surface area contributed by atoms with Crippen molar-refractivity contribution in [1.29, 1.82) is 0 Å². The summed E-state index contributed by atoms with van der Waals surface area (Å²) >= 11 is 0. The third kappa shape index (κ3) is 2.87. The summed E-state index contributed by atoms with van der Waals surface area (Å²) in [5, 5.41) is 5.01. The highest BCUT2D eigenvalue weighted by Gasteiger charge is 2.31. The summed E-state index contributed by atoms with van der Waals surface area (Å²) in [7, 11) is 0. The van der Waals surface area contributed by atoms with Crippen LogP contribution in [0.15, 0.2) is 28.7 Å². The Balaban J connectivity index is 1.73. The fraction of sp³-hybridized carbons (Fsp3) is 0.579. The van der Waals surface area contributed by atoms with E-state index in [-0.39, 0.29) is 0 Å². The van der Waals surface area contributed by atoms with Gasteiger partial charge in [-0.3, -0.25) is 0 Å². The van der Waals surface area contributed by atoms with Gasteiger partial charge in [-0.05, 0) is 30.7 Å². The molecule has 0 unspecified atom stereocenters. The first-order valence-corrected chi connectivity index (χ1v) is 8.48. The quantitative estimate of drug-likeness (QED) is 0.803. The smallest absolute Gasteiger partial charge is 0.134 e. The van der Waals surface area contributed by atoms with E-state index >= 15 is 0 Å². The molecule has 0 bridgehead atoms. The topological polar surface area (TPSA) is 25.2 Å². The van der Waals surface area contributed by atoms with Crippen molar-refractivity contribution in [3.8, 4) is 0 Å². The van der Waals surface area contributed by atoms with Gasteiger partial charge in [-0.2, -0.15) is 0 Å². The van der Waals surface area contributed by atoms with Crippen molar-refractivity contribution in [2.75, 3.05) is 6.54 Å². The molecule has 1 N–H and O–H groups in total. The van der Waals surface area contributed by atoms with Crippen LogP contribution in [0.25, 0.3) is 11.0 Å². The van der Waals surface area contributed by atoms with Crippen LogP contribution in [0.2, 0.25) is 0 Å². The molecule has 0 spiro atoms. The van der Waals surface area contributed by atoms with E-state index in [9.17, 15) is 0 Å². The van der Waals surface area contributed by atoms with Crippen molar-refractivity contribution in [2.45, 2.75) is 58.9 Å². The molecule has 0 saturated heterocycles. The number of benzene rings is 1. The van der Waals surface area contributed by atoms with Gasteiger partial charge in [0.05, 0.1) is 0 Å². The fourth-order valence-electron chi connectivity index (χ4n) is 3.86. The molecular formula is C19H27NO. The van der Waals surface area contributed by atoms with Crippen molar-refractivity contribution in [3.63, 3.8) is 0 Å². The van der Waals surface area contributed by atoms with Crippen molar-refractivity contribution < 1.29 is 4.42 Å². The monoisotopic (exact) mass is 285 g/mol. The van der Waals surface area contributed by atoms with Crippen LogP contribution in [0.4, 0.5) is 0 Å². The minimum absolute atomic E-state index is 0.548. The lowest BCUT2D eigenvalue weighted by Gasteiger charge is -2.27. The van der Waals surface area contributed by atoms with Gasteiger partial charge < -0.3 is 9.73 Å². The fourth-order valence-corrected chi connectivity index (χ4v) is 3.86. The Hall–Kier alpha value is -1.28. The van der Waals surface area contributed by atoms with E-state index in [0.29, 0.717) is 5.41 Å². The van der Waals surface area contributed by atoms with Crippen LogP contribution in [-0.2, 0) is 13.0 Å². The molecule has 114 valence electrons. The Bertz CT molecular complexity index is 593. The van der Waals surface area contributed by atoms with Crippen molar-refractivity contribution in [3.05, 3.63) is 35.6 Å². The number of nitrogens with one attached hydrogen (secondary N) is 1. The van der Waals surface area contributed by atoms with Gasteiger partial charge in [0.15, 0.2) is 0 Å². The van der Waals surface area contributed by atoms with E-state index in [0.717, 1.165) is 30.9 Å². The molecule has 2 heteroatoms. The van der Waals surface area contributed by atoms with Crippen LogP contribution in [-0.4, -0.2) is 6.54 Å². The Labute approximate surface area is 127 Å². The average Bonchev–Trinajstić information content (AvgIpc) is 3.13. The molecule has 0 amide bonds. The molecule has 1 heterocycles. The van der Waals surface area contributed by atoms with Gasteiger partial charge in [-0.15, -0.1) is 0 Å². The molecule has 1 aliphatic rings. The van der Waals surface area contributed by atoms with E-state index in [1.807, 2.05) is 6.07 Å². The van der Waals surface area contributed by atoms with E-state index in [1.54, 1.807) is 0 Å². The summed E-state index contributed by atoms with van der Waals surface area (Å²) in [5.41, 5.74) is 2.93. The summed E-state index contributed by atoms with van der Waals surface area (Å²) in [6, 6.07) is 8.40. The molecule has 1 fully saturated rings. The minimum atomic E-state index is 0.548. The third-order valence-corrected chi connectivity index (χ3v) is 5.32. The number of hydrogen-bond acceptors (Lipinski definition) is 2. The summed E-state index contributed by atoms with van der Waals surface area (Å²) < 4.78 is 5.98. The number of hydrogen-bond donors (Lipinski definition) is 1. The zero-order valence-electron chi connectivity index (χ0n) is 13.4. The Morgan fingerprint density at radius 3 is 2.62 bits per heavy atom. The predicted octanol–water partition coefficient (Wildman–Crippen LogP) is 5.06. The van der Waals surface area contributed by atoms with Gasteiger partial charge >= 0.3 is 0 Å². The van der Waals surface area contributed by atoms with Crippen molar-refractivity contribution >= 4 is 11.0 Å². The molecular weight excluding hydrogens is 258 g/mol. The number of rotatable bonds is 6. The summed E-state index contributed by atoms with van der Waals surface area (Å²) in [6.45, 7) is 6.59. The second-order valence-corrected chi connectivity index (χ2v) is 6.52. The molecule has 2 nitrogen and oxygen atoms in total. The lowest BCUT2D eigenvalue weighted by atomic mass is 9.83. The first kappa shape index (κ1) is 14.6. The minimum Gasteiger partial charge on any atom is -0.461 e. The highest BCUT2D eigenvalue weighted by molar-refractivity contribution is 5.82. The largest absolute Gasteiger partial charge is 0.461 e. The standard InChI is InChI=1S/C19H27NO/c1-3-17-16(15-9-5-6-10-18(15)21-17)13-20-14-19(4-2)11-7-8-12-19/h5-6,9-10,20H,3-4,7-8,11-14H2,1-2H3. The van der Waals surface area contributed by atoms with Crippen LogP contribution >= 0.6 is 0 Å². The molecule has 1 aromatic carbocycles. The van der Waals surface area contributed by atoms with Gasteiger partial charge in [0.2, 0.25) is 0 Å². The SMILES string of the molecule is CCc1oc2ccccc2c1CNCC1(CC)CCCC1.